The molecule has 0 amide bonds. The molecule has 0 radical (unpaired) electrons. The smallest absolute Gasteiger partial charge is 0.141 e. The molecule has 0 atom stereocenters. The van der Waals surface area contributed by atoms with Crippen molar-refractivity contribution in [2.45, 2.75) is 6.92 Å². The normalized spacial score (nSPS) is 12.7. The molecule has 142 valence electrons. The van der Waals surface area contributed by atoms with Gasteiger partial charge < -0.3 is 0 Å². The lowest BCUT2D eigenvalue weighted by molar-refractivity contribution is 0.620. The third kappa shape index (κ3) is 2.33. The number of allylic oxidation sites excluding steroid dienone is 8. The Labute approximate surface area is 180 Å². The zero-order chi connectivity index (χ0) is 23.7. The maximum Gasteiger partial charge on any atom is 0.141 e. The van der Waals surface area contributed by atoms with E-state index in [0.717, 1.165) is 0 Å². The Balaban J connectivity index is 2.76. The van der Waals surface area contributed by atoms with Crippen molar-refractivity contribution >= 4 is 22.3 Å². The number of halogens is 1. The van der Waals surface area contributed by atoms with E-state index >= 15 is 4.39 Å². The Kier molecular flexibility index (Phi) is 4.84. The molecule has 0 spiro atoms. The SMILES string of the molecule is Cc1c2c(c(F)c3c1C(=C(C#N)C#N)C(C#N)=C3C#N)C(C#N)=C(C#N)C2=C(C#N)C#N. The number of rotatable bonds is 0. The van der Waals surface area contributed by atoms with Crippen molar-refractivity contribution in [3.05, 3.63) is 55.9 Å². The van der Waals surface area contributed by atoms with Gasteiger partial charge in [0.25, 0.3) is 0 Å². The first-order valence-electron chi connectivity index (χ1n) is 8.48. The first-order chi connectivity index (χ1) is 15.4. The average molecular weight is 410 g/mol. The summed E-state index contributed by atoms with van der Waals surface area (Å²) in [5, 5.41) is 76.0. The first-order valence-corrected chi connectivity index (χ1v) is 8.48. The summed E-state index contributed by atoms with van der Waals surface area (Å²) in [6, 6.07) is 13.4. The summed E-state index contributed by atoms with van der Waals surface area (Å²) in [6.45, 7) is 1.40. The lowest BCUT2D eigenvalue weighted by Crippen LogP contribution is -2.04. The Morgan fingerprint density at radius 2 is 0.844 bits per heavy atom. The zero-order valence-electron chi connectivity index (χ0n) is 16.0. The Morgan fingerprint density at radius 1 is 0.531 bits per heavy atom. The van der Waals surface area contributed by atoms with Gasteiger partial charge in [0.1, 0.15) is 65.5 Å². The van der Waals surface area contributed by atoms with Crippen molar-refractivity contribution in [1.82, 2.24) is 0 Å². The van der Waals surface area contributed by atoms with Crippen LogP contribution in [-0.2, 0) is 0 Å². The minimum Gasteiger partial charge on any atom is -0.206 e. The number of nitriles is 8. The second-order valence-electron chi connectivity index (χ2n) is 6.33. The highest BCUT2D eigenvalue weighted by molar-refractivity contribution is 6.15. The summed E-state index contributed by atoms with van der Waals surface area (Å²) in [7, 11) is 0. The summed E-state index contributed by atoms with van der Waals surface area (Å²) in [6.07, 6.45) is 0. The average Bonchev–Trinajstić information content (AvgIpc) is 3.32. The molecule has 2 aliphatic carbocycles. The Bertz CT molecular complexity index is 1500. The predicted octanol–water partition coefficient (Wildman–Crippen LogP) is 3.36. The van der Waals surface area contributed by atoms with Gasteiger partial charge in [-0.25, -0.2) is 4.39 Å². The molecule has 1 aromatic rings. The zero-order valence-corrected chi connectivity index (χ0v) is 16.0. The lowest BCUT2D eigenvalue weighted by Gasteiger charge is -2.16. The van der Waals surface area contributed by atoms with Crippen LogP contribution in [0.25, 0.3) is 22.3 Å². The molecular formula is C23H3FN8. The van der Waals surface area contributed by atoms with Gasteiger partial charge in [-0.1, -0.05) is 0 Å². The summed E-state index contributed by atoms with van der Waals surface area (Å²) in [4.78, 5) is 0. The van der Waals surface area contributed by atoms with Crippen LogP contribution in [0.3, 0.4) is 0 Å². The molecule has 0 unspecified atom stereocenters. The molecule has 0 N–H and O–H groups in total. The minimum atomic E-state index is -1.13. The van der Waals surface area contributed by atoms with Crippen LogP contribution in [-0.4, -0.2) is 0 Å². The maximum atomic E-state index is 15.9. The van der Waals surface area contributed by atoms with Crippen LogP contribution in [0.2, 0.25) is 0 Å². The highest BCUT2D eigenvalue weighted by Crippen LogP contribution is 2.53. The van der Waals surface area contributed by atoms with Crippen LogP contribution in [0.4, 0.5) is 4.39 Å². The molecule has 2 aliphatic rings. The van der Waals surface area contributed by atoms with E-state index < -0.39 is 28.1 Å². The van der Waals surface area contributed by atoms with E-state index in [1.165, 1.54) is 6.92 Å². The number of fused-ring (bicyclic) bond motifs is 2. The minimum absolute atomic E-state index is 0.100. The predicted molar refractivity (Wildman–Crippen MR) is 104 cm³/mol. The molecule has 0 aromatic heterocycles. The Morgan fingerprint density at radius 3 is 1.09 bits per heavy atom. The fourth-order valence-corrected chi connectivity index (χ4v) is 3.91. The standard InChI is InChI=1S/C23H3FN8/c1-10-17-19(11(2-25)3-26)13(6-29)15(8-31)21(17)23(24)22-16(9-32)14(7-30)20(18(10)22)12(4-27)5-28/h1H3. The van der Waals surface area contributed by atoms with Crippen molar-refractivity contribution in [3.8, 4) is 48.6 Å². The molecule has 0 saturated carbocycles. The van der Waals surface area contributed by atoms with E-state index in [2.05, 4.69) is 0 Å². The molecule has 0 saturated heterocycles. The van der Waals surface area contributed by atoms with Crippen LogP contribution in [0.1, 0.15) is 27.8 Å². The summed E-state index contributed by atoms with van der Waals surface area (Å²) < 4.78 is 15.9. The fourth-order valence-electron chi connectivity index (χ4n) is 3.91. The van der Waals surface area contributed by atoms with E-state index in [4.69, 9.17) is 0 Å². The Hall–Kier alpha value is -5.97. The largest absolute Gasteiger partial charge is 0.206 e. The highest BCUT2D eigenvalue weighted by atomic mass is 19.1. The van der Waals surface area contributed by atoms with Gasteiger partial charge in [0, 0.05) is 33.4 Å². The van der Waals surface area contributed by atoms with Crippen LogP contribution < -0.4 is 0 Å². The number of hydrogen-bond donors (Lipinski definition) is 0. The second-order valence-corrected chi connectivity index (χ2v) is 6.33. The van der Waals surface area contributed by atoms with Gasteiger partial charge in [-0.2, -0.15) is 42.1 Å². The molecule has 8 nitrogen and oxygen atoms in total. The molecule has 3 rings (SSSR count). The van der Waals surface area contributed by atoms with Crippen LogP contribution >= 0.6 is 0 Å². The van der Waals surface area contributed by atoms with Crippen LogP contribution in [0.5, 0.6) is 0 Å². The van der Waals surface area contributed by atoms with Gasteiger partial charge in [-0.15, -0.1) is 0 Å². The molecule has 32 heavy (non-hydrogen) atoms. The summed E-state index contributed by atoms with van der Waals surface area (Å²) in [5.41, 5.74) is -4.17. The van der Waals surface area contributed by atoms with Crippen molar-refractivity contribution in [1.29, 1.82) is 42.1 Å². The molecule has 0 heterocycles. The molecule has 9 heteroatoms. The van der Waals surface area contributed by atoms with E-state index in [-0.39, 0.29) is 50.1 Å². The van der Waals surface area contributed by atoms with E-state index in [9.17, 15) is 42.1 Å². The van der Waals surface area contributed by atoms with Gasteiger partial charge in [0.05, 0.1) is 22.3 Å². The van der Waals surface area contributed by atoms with Gasteiger partial charge >= 0.3 is 0 Å². The third-order valence-corrected chi connectivity index (χ3v) is 5.08. The fraction of sp³-hybridized carbons (Fsp3) is 0.0435. The maximum absolute atomic E-state index is 15.9. The van der Waals surface area contributed by atoms with Gasteiger partial charge in [0.15, 0.2) is 0 Å². The molecule has 0 aliphatic heterocycles. The molecule has 1 aromatic carbocycles. The van der Waals surface area contributed by atoms with E-state index in [1.54, 1.807) is 48.6 Å². The molecule has 0 fully saturated rings. The molecular weight excluding hydrogens is 407 g/mol. The van der Waals surface area contributed by atoms with Crippen molar-refractivity contribution in [2.24, 2.45) is 0 Å². The number of benzene rings is 1. The van der Waals surface area contributed by atoms with Crippen LogP contribution in [0, 0.1) is 103 Å². The monoisotopic (exact) mass is 410 g/mol. The highest BCUT2D eigenvalue weighted by Gasteiger charge is 2.42. The molecule has 0 bridgehead atoms. The number of nitrogens with zero attached hydrogens (tertiary/aromatic N) is 8. The first kappa shape index (κ1) is 20.8. The summed E-state index contributed by atoms with van der Waals surface area (Å²) >= 11 is 0. The summed E-state index contributed by atoms with van der Waals surface area (Å²) in [5.74, 6) is -1.13. The van der Waals surface area contributed by atoms with Crippen molar-refractivity contribution in [3.63, 3.8) is 0 Å². The lowest BCUT2D eigenvalue weighted by atomic mass is 9.85. The van der Waals surface area contributed by atoms with E-state index in [0.29, 0.717) is 0 Å². The second kappa shape index (κ2) is 7.46. The third-order valence-electron chi connectivity index (χ3n) is 5.08. The van der Waals surface area contributed by atoms with Crippen LogP contribution in [0.15, 0.2) is 22.3 Å². The van der Waals surface area contributed by atoms with E-state index in [1.807, 2.05) is 0 Å². The van der Waals surface area contributed by atoms with Crippen molar-refractivity contribution in [2.75, 3.05) is 0 Å². The topological polar surface area (TPSA) is 190 Å². The van der Waals surface area contributed by atoms with Gasteiger partial charge in [-0.3, -0.25) is 0 Å². The van der Waals surface area contributed by atoms with Crippen molar-refractivity contribution < 1.29 is 4.39 Å². The van der Waals surface area contributed by atoms with Gasteiger partial charge in [0.2, 0.25) is 0 Å². The number of hydrogen-bond acceptors (Lipinski definition) is 8. The quantitative estimate of drug-likeness (QED) is 0.581. The van der Waals surface area contributed by atoms with Gasteiger partial charge in [-0.05, 0) is 12.5 Å².